The predicted molar refractivity (Wildman–Crippen MR) is 59.5 cm³/mol. The second-order valence-electron chi connectivity index (χ2n) is 2.74. The fourth-order valence-corrected chi connectivity index (χ4v) is 0.771. The summed E-state index contributed by atoms with van der Waals surface area (Å²) < 4.78 is 31.1. The first-order chi connectivity index (χ1) is 6.83. The van der Waals surface area contributed by atoms with Gasteiger partial charge in [-0.1, -0.05) is 6.07 Å². The van der Waals surface area contributed by atoms with E-state index < -0.39 is 10.1 Å². The molecule has 86 valence electrons. The highest BCUT2D eigenvalue weighted by molar-refractivity contribution is 7.85. The Kier molecular flexibility index (Phi) is 5.73. The zero-order valence-electron chi connectivity index (χ0n) is 8.67. The largest absolute Gasteiger partial charge is 0.494 e. The first kappa shape index (κ1) is 13.7. The SMILES string of the molecule is CCOc1cccc(N)c1.CS(=O)(=O)O. The molecule has 6 heteroatoms. The molecule has 0 aliphatic heterocycles. The van der Waals surface area contributed by atoms with Crippen LogP contribution in [0.5, 0.6) is 5.75 Å². The molecule has 0 saturated carbocycles. The van der Waals surface area contributed by atoms with Crippen LogP contribution in [0.25, 0.3) is 0 Å². The molecule has 0 saturated heterocycles. The zero-order chi connectivity index (χ0) is 11.9. The van der Waals surface area contributed by atoms with Crippen LogP contribution in [0.15, 0.2) is 24.3 Å². The minimum Gasteiger partial charge on any atom is -0.494 e. The third kappa shape index (κ3) is 10.7. The van der Waals surface area contributed by atoms with Gasteiger partial charge in [0.2, 0.25) is 0 Å². The van der Waals surface area contributed by atoms with Crippen LogP contribution in [0, 0.1) is 0 Å². The first-order valence-corrected chi connectivity index (χ1v) is 6.08. The average Bonchev–Trinajstić information content (AvgIpc) is 2.01. The van der Waals surface area contributed by atoms with E-state index in [2.05, 4.69) is 0 Å². The highest BCUT2D eigenvalue weighted by Gasteiger charge is 1.89. The van der Waals surface area contributed by atoms with Crippen molar-refractivity contribution in [1.29, 1.82) is 0 Å². The molecule has 5 nitrogen and oxygen atoms in total. The molecule has 0 atom stereocenters. The molecule has 0 unspecified atom stereocenters. The number of hydrogen-bond acceptors (Lipinski definition) is 4. The van der Waals surface area contributed by atoms with E-state index in [1.54, 1.807) is 0 Å². The molecule has 0 aromatic heterocycles. The van der Waals surface area contributed by atoms with Crippen LogP contribution in [0.1, 0.15) is 6.92 Å². The van der Waals surface area contributed by atoms with E-state index in [0.717, 1.165) is 11.4 Å². The van der Waals surface area contributed by atoms with Gasteiger partial charge in [0.15, 0.2) is 0 Å². The Hall–Kier alpha value is -1.27. The standard InChI is InChI=1S/C8H11NO.CH4O3S/c1-2-10-8-5-3-4-7(9)6-8;1-5(2,3)4/h3-6H,2,9H2,1H3;1H3,(H,2,3,4). The maximum atomic E-state index is 9.19. The van der Waals surface area contributed by atoms with E-state index in [0.29, 0.717) is 12.9 Å². The second kappa shape index (κ2) is 6.26. The Balaban J connectivity index is 0.000000336. The van der Waals surface area contributed by atoms with Crippen molar-refractivity contribution in [1.82, 2.24) is 0 Å². The molecular formula is C9H15NO4S. The Morgan fingerprint density at radius 3 is 2.40 bits per heavy atom. The van der Waals surface area contributed by atoms with Crippen molar-refractivity contribution in [2.75, 3.05) is 18.6 Å². The molecule has 0 fully saturated rings. The summed E-state index contributed by atoms with van der Waals surface area (Å²) in [7, 11) is -3.67. The lowest BCUT2D eigenvalue weighted by Gasteiger charge is -2.01. The minimum absolute atomic E-state index is 0.684. The number of nitrogens with two attached hydrogens (primary N) is 1. The third-order valence-electron chi connectivity index (χ3n) is 1.17. The maximum absolute atomic E-state index is 9.19. The van der Waals surface area contributed by atoms with Crippen LogP contribution >= 0.6 is 0 Å². The summed E-state index contributed by atoms with van der Waals surface area (Å²) >= 11 is 0. The number of benzene rings is 1. The molecule has 0 amide bonds. The molecule has 1 aromatic carbocycles. The maximum Gasteiger partial charge on any atom is 0.261 e. The van der Waals surface area contributed by atoms with Gasteiger partial charge >= 0.3 is 0 Å². The van der Waals surface area contributed by atoms with Crippen molar-refractivity contribution >= 4 is 15.8 Å². The number of nitrogen functional groups attached to an aromatic ring is 1. The molecule has 1 rings (SSSR count). The molecule has 15 heavy (non-hydrogen) atoms. The van der Waals surface area contributed by atoms with Crippen LogP contribution < -0.4 is 10.5 Å². The minimum atomic E-state index is -3.67. The van der Waals surface area contributed by atoms with E-state index in [9.17, 15) is 8.42 Å². The molecule has 0 aliphatic carbocycles. The summed E-state index contributed by atoms with van der Waals surface area (Å²) in [5, 5.41) is 0. The molecular weight excluding hydrogens is 218 g/mol. The third-order valence-corrected chi connectivity index (χ3v) is 1.17. The van der Waals surface area contributed by atoms with E-state index in [1.165, 1.54) is 0 Å². The lowest BCUT2D eigenvalue weighted by atomic mass is 10.3. The van der Waals surface area contributed by atoms with Gasteiger partial charge < -0.3 is 10.5 Å². The van der Waals surface area contributed by atoms with Crippen molar-refractivity contribution < 1.29 is 17.7 Å². The summed E-state index contributed by atoms with van der Waals surface area (Å²) in [5.41, 5.74) is 6.25. The van der Waals surface area contributed by atoms with Crippen LogP contribution in [0.4, 0.5) is 5.69 Å². The van der Waals surface area contributed by atoms with Crippen molar-refractivity contribution in [3.63, 3.8) is 0 Å². The number of hydrogen-bond donors (Lipinski definition) is 2. The van der Waals surface area contributed by atoms with Gasteiger partial charge in [0, 0.05) is 11.8 Å². The molecule has 0 radical (unpaired) electrons. The van der Waals surface area contributed by atoms with Gasteiger partial charge in [0.05, 0.1) is 12.9 Å². The lowest BCUT2D eigenvalue weighted by molar-refractivity contribution is 0.340. The van der Waals surface area contributed by atoms with Crippen LogP contribution in [0.3, 0.4) is 0 Å². The number of anilines is 1. The Labute approximate surface area is 89.6 Å². The normalized spacial score (nSPS) is 10.1. The quantitative estimate of drug-likeness (QED) is 0.591. The lowest BCUT2D eigenvalue weighted by Crippen LogP contribution is -1.92. The molecule has 0 spiro atoms. The van der Waals surface area contributed by atoms with Crippen molar-refractivity contribution in [2.24, 2.45) is 0 Å². The fourth-order valence-electron chi connectivity index (χ4n) is 0.771. The molecule has 3 N–H and O–H groups in total. The highest BCUT2D eigenvalue weighted by atomic mass is 32.2. The van der Waals surface area contributed by atoms with Gasteiger partial charge in [-0.3, -0.25) is 4.55 Å². The molecule has 0 aliphatic rings. The molecule has 1 aromatic rings. The van der Waals surface area contributed by atoms with E-state index >= 15 is 0 Å². The number of ether oxygens (including phenoxy) is 1. The molecule has 0 bridgehead atoms. The monoisotopic (exact) mass is 233 g/mol. The van der Waals surface area contributed by atoms with Crippen LogP contribution in [-0.4, -0.2) is 25.8 Å². The topological polar surface area (TPSA) is 89.6 Å². The van der Waals surface area contributed by atoms with Gasteiger partial charge in [0.1, 0.15) is 5.75 Å². The average molecular weight is 233 g/mol. The Bertz CT molecular complexity index is 381. The molecule has 0 heterocycles. The van der Waals surface area contributed by atoms with E-state index in [-0.39, 0.29) is 0 Å². The Morgan fingerprint density at radius 1 is 1.47 bits per heavy atom. The summed E-state index contributed by atoms with van der Waals surface area (Å²) in [6.07, 6.45) is 0.715. The van der Waals surface area contributed by atoms with E-state index in [4.69, 9.17) is 15.0 Å². The van der Waals surface area contributed by atoms with Gasteiger partial charge in [-0.25, -0.2) is 0 Å². The van der Waals surface area contributed by atoms with Gasteiger partial charge in [-0.2, -0.15) is 8.42 Å². The Morgan fingerprint density at radius 2 is 2.00 bits per heavy atom. The van der Waals surface area contributed by atoms with Crippen LogP contribution in [-0.2, 0) is 10.1 Å². The number of rotatable bonds is 2. The summed E-state index contributed by atoms with van der Waals surface area (Å²) in [6, 6.07) is 7.41. The van der Waals surface area contributed by atoms with Crippen molar-refractivity contribution in [2.45, 2.75) is 6.92 Å². The predicted octanol–water partition coefficient (Wildman–Crippen LogP) is 1.17. The van der Waals surface area contributed by atoms with Gasteiger partial charge in [-0.05, 0) is 19.1 Å². The zero-order valence-corrected chi connectivity index (χ0v) is 9.49. The van der Waals surface area contributed by atoms with Gasteiger partial charge in [0.25, 0.3) is 10.1 Å². The van der Waals surface area contributed by atoms with E-state index in [1.807, 2.05) is 31.2 Å². The van der Waals surface area contributed by atoms with Crippen molar-refractivity contribution in [3.8, 4) is 5.75 Å². The smallest absolute Gasteiger partial charge is 0.261 e. The fraction of sp³-hybridized carbons (Fsp3) is 0.333. The first-order valence-electron chi connectivity index (χ1n) is 4.23. The van der Waals surface area contributed by atoms with Crippen molar-refractivity contribution in [3.05, 3.63) is 24.3 Å². The summed E-state index contributed by atoms with van der Waals surface area (Å²) in [5.74, 6) is 0.836. The van der Waals surface area contributed by atoms with Crippen LogP contribution in [0.2, 0.25) is 0 Å². The van der Waals surface area contributed by atoms with Gasteiger partial charge in [-0.15, -0.1) is 0 Å². The second-order valence-corrected chi connectivity index (χ2v) is 4.20. The summed E-state index contributed by atoms with van der Waals surface area (Å²) in [6.45, 7) is 2.63. The highest BCUT2D eigenvalue weighted by Crippen LogP contribution is 2.13. The summed E-state index contributed by atoms with van der Waals surface area (Å²) in [4.78, 5) is 0.